The lowest BCUT2D eigenvalue weighted by molar-refractivity contribution is -0.914. The zero-order valence-corrected chi connectivity index (χ0v) is 16.4. The van der Waals surface area contributed by atoms with Crippen LogP contribution in [0.1, 0.15) is 28.5 Å². The van der Waals surface area contributed by atoms with Gasteiger partial charge in [0.1, 0.15) is 6.04 Å². The highest BCUT2D eigenvalue weighted by molar-refractivity contribution is 6.11. The van der Waals surface area contributed by atoms with Crippen molar-refractivity contribution in [2.45, 2.75) is 26.8 Å². The number of benzene rings is 2. The lowest BCUT2D eigenvalue weighted by atomic mass is 9.99. The molecule has 0 aliphatic carbocycles. The van der Waals surface area contributed by atoms with Crippen molar-refractivity contribution in [3.63, 3.8) is 0 Å². The fraction of sp³-hybridized carbons (Fsp3) is 0.348. The monoisotopic (exact) mass is 362 g/mol. The van der Waals surface area contributed by atoms with Gasteiger partial charge in [0.25, 0.3) is 0 Å². The van der Waals surface area contributed by atoms with E-state index in [1.54, 1.807) is 0 Å². The number of nitrogens with zero attached hydrogens (tertiary/aromatic N) is 1. The number of anilines is 1. The number of aromatic amines is 1. The minimum absolute atomic E-state index is 0.0260. The molecule has 4 nitrogen and oxygen atoms in total. The van der Waals surface area contributed by atoms with Crippen LogP contribution < -0.4 is 9.80 Å². The third-order valence-electron chi connectivity index (χ3n) is 5.92. The number of aryl methyl sites for hydroxylation is 2. The van der Waals surface area contributed by atoms with Gasteiger partial charge in [-0.1, -0.05) is 30.3 Å². The summed E-state index contributed by atoms with van der Waals surface area (Å²) in [7, 11) is 0. The molecule has 1 atom stereocenters. The predicted molar refractivity (Wildman–Crippen MR) is 111 cm³/mol. The summed E-state index contributed by atoms with van der Waals surface area (Å²) in [5, 5.41) is 1.05. The van der Waals surface area contributed by atoms with Gasteiger partial charge in [0.05, 0.1) is 31.7 Å². The Morgan fingerprint density at radius 3 is 2.48 bits per heavy atom. The van der Waals surface area contributed by atoms with Crippen molar-refractivity contribution in [3.05, 3.63) is 65.4 Å². The molecule has 0 radical (unpaired) electrons. The van der Waals surface area contributed by atoms with Gasteiger partial charge in [0.15, 0.2) is 0 Å². The van der Waals surface area contributed by atoms with Gasteiger partial charge in [-0.25, -0.2) is 0 Å². The predicted octanol–water partition coefficient (Wildman–Crippen LogP) is 2.76. The summed E-state index contributed by atoms with van der Waals surface area (Å²) in [6, 6.07) is 16.8. The number of fused-ring (bicyclic) bond motifs is 1. The van der Waals surface area contributed by atoms with Crippen LogP contribution in [0.4, 0.5) is 5.69 Å². The molecule has 1 fully saturated rings. The van der Waals surface area contributed by atoms with Crippen molar-refractivity contribution in [2.75, 3.05) is 31.1 Å². The van der Waals surface area contributed by atoms with Crippen LogP contribution in [0.25, 0.3) is 10.9 Å². The number of ketones is 1. The number of carbonyl (C=O) groups excluding carboxylic acids is 1. The maximum atomic E-state index is 13.3. The maximum absolute atomic E-state index is 13.3. The number of aromatic nitrogens is 1. The summed E-state index contributed by atoms with van der Waals surface area (Å²) in [4.78, 5) is 20.5. The number of rotatable bonds is 4. The standard InChI is InChI=1S/C23H27N3O/c1-16-9-10-20-21(15-16)24-17(2)22(20)23(27)18(3)25-11-13-26(14-12-25)19-7-5-4-6-8-19/h4-10,15,18,24H,11-14H2,1-3H3/p+1/t18-/m0/s1. The largest absolute Gasteiger partial charge is 0.360 e. The lowest BCUT2D eigenvalue weighted by Gasteiger charge is -2.36. The Labute approximate surface area is 160 Å². The van der Waals surface area contributed by atoms with Crippen molar-refractivity contribution < 1.29 is 9.69 Å². The number of piperazine rings is 1. The minimum Gasteiger partial charge on any atom is -0.360 e. The molecule has 0 unspecified atom stereocenters. The van der Waals surface area contributed by atoms with E-state index in [4.69, 9.17) is 0 Å². The summed E-state index contributed by atoms with van der Waals surface area (Å²) < 4.78 is 0. The van der Waals surface area contributed by atoms with Gasteiger partial charge in [-0.05, 0) is 44.5 Å². The molecule has 2 aromatic carbocycles. The highest BCUT2D eigenvalue weighted by Crippen LogP contribution is 2.24. The Morgan fingerprint density at radius 1 is 1.07 bits per heavy atom. The molecular formula is C23H28N3O+. The van der Waals surface area contributed by atoms with Crippen LogP contribution in [0, 0.1) is 13.8 Å². The topological polar surface area (TPSA) is 40.5 Å². The molecule has 2 N–H and O–H groups in total. The van der Waals surface area contributed by atoms with Gasteiger partial charge in [0.2, 0.25) is 5.78 Å². The lowest BCUT2D eigenvalue weighted by Crippen LogP contribution is -3.18. The van der Waals surface area contributed by atoms with Crippen molar-refractivity contribution in [2.24, 2.45) is 0 Å². The quantitative estimate of drug-likeness (QED) is 0.701. The van der Waals surface area contributed by atoms with Gasteiger partial charge in [-0.15, -0.1) is 0 Å². The molecule has 2 heterocycles. The van der Waals surface area contributed by atoms with Gasteiger partial charge >= 0.3 is 0 Å². The molecule has 1 saturated heterocycles. The van der Waals surface area contributed by atoms with E-state index in [0.29, 0.717) is 0 Å². The van der Waals surface area contributed by atoms with Crippen LogP contribution in [0.5, 0.6) is 0 Å². The molecule has 0 saturated carbocycles. The Morgan fingerprint density at radius 2 is 1.78 bits per heavy atom. The molecule has 0 spiro atoms. The summed E-state index contributed by atoms with van der Waals surface area (Å²) >= 11 is 0. The van der Waals surface area contributed by atoms with Crippen molar-refractivity contribution in [3.8, 4) is 0 Å². The molecule has 1 aliphatic heterocycles. The summed E-state index contributed by atoms with van der Waals surface area (Å²) in [6.45, 7) is 10.1. The second-order valence-electron chi connectivity index (χ2n) is 7.74. The highest BCUT2D eigenvalue weighted by Gasteiger charge is 2.32. The normalized spacial score (nSPS) is 16.6. The van der Waals surface area contributed by atoms with Gasteiger partial charge in [0, 0.05) is 22.3 Å². The SMILES string of the molecule is Cc1ccc2c(C(=O)[C@H](C)[NH+]3CCN(c4ccccc4)CC3)c(C)[nH]c2c1. The second kappa shape index (κ2) is 7.20. The van der Waals surface area contributed by atoms with Gasteiger partial charge in [-0.3, -0.25) is 4.79 Å². The average Bonchev–Trinajstić information content (AvgIpc) is 3.02. The van der Waals surface area contributed by atoms with E-state index in [0.717, 1.165) is 48.3 Å². The van der Waals surface area contributed by atoms with E-state index >= 15 is 0 Å². The molecular weight excluding hydrogens is 334 g/mol. The molecule has 3 aromatic rings. The van der Waals surface area contributed by atoms with Crippen molar-refractivity contribution in [1.29, 1.82) is 0 Å². The summed E-state index contributed by atoms with van der Waals surface area (Å²) in [5.41, 5.74) is 5.40. The first-order valence-electron chi connectivity index (χ1n) is 9.82. The number of H-pyrrole nitrogens is 1. The first-order chi connectivity index (χ1) is 13.0. The summed E-state index contributed by atoms with van der Waals surface area (Å²) in [5.74, 6) is 0.255. The molecule has 4 heteroatoms. The van der Waals surface area contributed by atoms with Crippen LogP contribution in [0.3, 0.4) is 0 Å². The molecule has 1 aliphatic rings. The maximum Gasteiger partial charge on any atom is 0.222 e. The van der Waals surface area contributed by atoms with Gasteiger partial charge in [-0.2, -0.15) is 0 Å². The number of carbonyl (C=O) groups is 1. The smallest absolute Gasteiger partial charge is 0.222 e. The first-order valence-corrected chi connectivity index (χ1v) is 9.82. The Hall–Kier alpha value is -2.59. The van der Waals surface area contributed by atoms with E-state index in [-0.39, 0.29) is 11.8 Å². The number of hydrogen-bond acceptors (Lipinski definition) is 2. The fourth-order valence-electron chi connectivity index (χ4n) is 4.29. The number of nitrogens with one attached hydrogen (secondary N) is 2. The fourth-order valence-corrected chi connectivity index (χ4v) is 4.29. The number of para-hydroxylation sites is 1. The first kappa shape index (κ1) is 17.8. The molecule has 27 heavy (non-hydrogen) atoms. The average molecular weight is 362 g/mol. The minimum atomic E-state index is -0.0260. The van der Waals surface area contributed by atoms with Crippen LogP contribution >= 0.6 is 0 Å². The second-order valence-corrected chi connectivity index (χ2v) is 7.74. The third kappa shape index (κ3) is 3.37. The molecule has 4 rings (SSSR count). The van der Waals surface area contributed by atoms with E-state index < -0.39 is 0 Å². The molecule has 0 bridgehead atoms. The number of hydrogen-bond donors (Lipinski definition) is 2. The van der Waals surface area contributed by atoms with E-state index in [2.05, 4.69) is 72.3 Å². The van der Waals surface area contributed by atoms with E-state index in [1.165, 1.54) is 16.2 Å². The van der Waals surface area contributed by atoms with Crippen molar-refractivity contribution in [1.82, 2.24) is 4.98 Å². The van der Waals surface area contributed by atoms with Crippen LogP contribution in [-0.2, 0) is 0 Å². The number of Topliss-reactive ketones (excluding diaryl/α,β-unsaturated/α-hetero) is 1. The number of quaternary nitrogens is 1. The van der Waals surface area contributed by atoms with E-state index in [9.17, 15) is 4.79 Å². The van der Waals surface area contributed by atoms with Crippen LogP contribution in [-0.4, -0.2) is 43.0 Å². The molecule has 1 aromatic heterocycles. The Bertz CT molecular complexity index is 952. The summed E-state index contributed by atoms with van der Waals surface area (Å²) in [6.07, 6.45) is 0. The highest BCUT2D eigenvalue weighted by atomic mass is 16.1. The van der Waals surface area contributed by atoms with Gasteiger partial charge < -0.3 is 14.8 Å². The van der Waals surface area contributed by atoms with Crippen LogP contribution in [0.2, 0.25) is 0 Å². The molecule has 140 valence electrons. The Balaban J connectivity index is 1.50. The Kier molecular flexibility index (Phi) is 4.75. The zero-order valence-electron chi connectivity index (χ0n) is 16.4. The van der Waals surface area contributed by atoms with Crippen LogP contribution in [0.15, 0.2) is 48.5 Å². The van der Waals surface area contributed by atoms with Crippen molar-refractivity contribution >= 4 is 22.4 Å². The zero-order chi connectivity index (χ0) is 19.0. The third-order valence-corrected chi connectivity index (χ3v) is 5.92. The molecule has 0 amide bonds. The van der Waals surface area contributed by atoms with E-state index in [1.807, 2.05) is 6.92 Å².